The van der Waals surface area contributed by atoms with E-state index >= 15 is 0 Å². The minimum Gasteiger partial charge on any atom is -0.380 e. The third kappa shape index (κ3) is 7.49. The molecule has 0 aromatic heterocycles. The van der Waals surface area contributed by atoms with Crippen LogP contribution in [-0.2, 0) is 9.53 Å². The fraction of sp³-hybridized carbons (Fsp3) is 0.875. The van der Waals surface area contributed by atoms with Gasteiger partial charge >= 0.3 is 0 Å². The Kier molecular flexibility index (Phi) is 6.07. The number of ether oxygens (including phenoxy) is 1. The molecule has 0 fully saturated rings. The van der Waals surface area contributed by atoms with Crippen LogP contribution in [-0.4, -0.2) is 44.0 Å². The van der Waals surface area contributed by atoms with Gasteiger partial charge in [0.2, 0.25) is 0 Å². The first kappa shape index (κ1) is 10.6. The Balaban J connectivity index is 3.22. The predicted octanol–water partition coefficient (Wildman–Crippen LogP) is 0.544. The van der Waals surface area contributed by atoms with Crippen molar-refractivity contribution in [2.45, 2.75) is 13.8 Å². The van der Waals surface area contributed by atoms with Gasteiger partial charge in [0.15, 0.2) is 0 Å². The van der Waals surface area contributed by atoms with Crippen LogP contribution in [0.2, 0.25) is 0 Å². The lowest BCUT2D eigenvalue weighted by Crippen LogP contribution is -2.27. The van der Waals surface area contributed by atoms with Gasteiger partial charge < -0.3 is 4.74 Å². The van der Waals surface area contributed by atoms with E-state index in [1.54, 1.807) is 6.92 Å². The molecule has 0 rings (SSSR count). The summed E-state index contributed by atoms with van der Waals surface area (Å²) >= 11 is 0. The summed E-state index contributed by atoms with van der Waals surface area (Å²) in [6.45, 7) is 6.36. The number of carbonyl (C=O) groups excluding carboxylic acids is 1. The van der Waals surface area contributed by atoms with Crippen molar-refractivity contribution in [1.82, 2.24) is 4.90 Å². The maximum absolute atomic E-state index is 10.6. The van der Waals surface area contributed by atoms with E-state index in [9.17, 15) is 4.79 Å². The van der Waals surface area contributed by atoms with E-state index in [1.165, 1.54) is 0 Å². The summed E-state index contributed by atoms with van der Waals surface area (Å²) in [5.74, 6) is 0.198. The highest BCUT2D eigenvalue weighted by molar-refractivity contribution is 5.77. The molecule has 0 bridgehead atoms. The SMILES string of the molecule is CCOCCN(C)CC(C)=O. The molecule has 66 valence electrons. The summed E-state index contributed by atoms with van der Waals surface area (Å²) in [5, 5.41) is 0. The van der Waals surface area contributed by atoms with Crippen LogP contribution in [0.25, 0.3) is 0 Å². The van der Waals surface area contributed by atoms with Crippen LogP contribution in [0, 0.1) is 0 Å². The molecule has 3 nitrogen and oxygen atoms in total. The average Bonchev–Trinajstić information content (AvgIpc) is 1.86. The average molecular weight is 159 g/mol. The van der Waals surface area contributed by atoms with Gasteiger partial charge in [0, 0.05) is 13.2 Å². The molecule has 0 spiro atoms. The van der Waals surface area contributed by atoms with E-state index in [0.717, 1.165) is 13.2 Å². The zero-order chi connectivity index (χ0) is 8.69. The lowest BCUT2D eigenvalue weighted by Gasteiger charge is -2.13. The van der Waals surface area contributed by atoms with Gasteiger partial charge in [-0.1, -0.05) is 0 Å². The summed E-state index contributed by atoms with van der Waals surface area (Å²) in [4.78, 5) is 12.6. The van der Waals surface area contributed by atoms with Crippen LogP contribution in [0.3, 0.4) is 0 Å². The highest BCUT2D eigenvalue weighted by Crippen LogP contribution is 1.83. The van der Waals surface area contributed by atoms with Gasteiger partial charge in [-0.05, 0) is 20.9 Å². The van der Waals surface area contributed by atoms with Gasteiger partial charge in [-0.15, -0.1) is 0 Å². The van der Waals surface area contributed by atoms with Gasteiger partial charge in [-0.3, -0.25) is 9.69 Å². The fourth-order valence-corrected chi connectivity index (χ4v) is 0.824. The summed E-state index contributed by atoms with van der Waals surface area (Å²) in [6, 6.07) is 0. The molecule has 0 N–H and O–H groups in total. The molecule has 0 heterocycles. The number of hydrogen-bond acceptors (Lipinski definition) is 3. The number of likely N-dealkylation sites (N-methyl/N-ethyl adjacent to an activating group) is 1. The molecule has 0 aliphatic carbocycles. The Bertz CT molecular complexity index is 115. The standard InChI is InChI=1S/C8H17NO2/c1-4-11-6-5-9(3)7-8(2)10/h4-7H2,1-3H3. The molecular formula is C8H17NO2. The molecule has 0 aliphatic rings. The number of rotatable bonds is 6. The lowest BCUT2D eigenvalue weighted by atomic mass is 10.4. The van der Waals surface area contributed by atoms with Crippen molar-refractivity contribution in [3.63, 3.8) is 0 Å². The van der Waals surface area contributed by atoms with E-state index in [4.69, 9.17) is 4.74 Å². The van der Waals surface area contributed by atoms with Gasteiger partial charge in [-0.25, -0.2) is 0 Å². The van der Waals surface area contributed by atoms with Crippen LogP contribution in [0.1, 0.15) is 13.8 Å². The molecule has 0 unspecified atom stereocenters. The minimum atomic E-state index is 0.198. The van der Waals surface area contributed by atoms with E-state index in [0.29, 0.717) is 13.2 Å². The van der Waals surface area contributed by atoms with Gasteiger partial charge in [0.1, 0.15) is 5.78 Å². The van der Waals surface area contributed by atoms with Gasteiger partial charge in [0.25, 0.3) is 0 Å². The lowest BCUT2D eigenvalue weighted by molar-refractivity contribution is -0.117. The number of nitrogens with zero attached hydrogens (tertiary/aromatic N) is 1. The van der Waals surface area contributed by atoms with Crippen molar-refractivity contribution >= 4 is 5.78 Å². The maximum Gasteiger partial charge on any atom is 0.143 e. The highest BCUT2D eigenvalue weighted by atomic mass is 16.5. The van der Waals surface area contributed by atoms with Crippen molar-refractivity contribution in [1.29, 1.82) is 0 Å². The van der Waals surface area contributed by atoms with Crippen molar-refractivity contribution in [2.75, 3.05) is 33.4 Å². The first-order chi connectivity index (χ1) is 5.16. The van der Waals surface area contributed by atoms with E-state index in [1.807, 2.05) is 18.9 Å². The Labute approximate surface area is 68.3 Å². The van der Waals surface area contributed by atoms with Crippen LogP contribution in [0.4, 0.5) is 0 Å². The van der Waals surface area contributed by atoms with Crippen LogP contribution >= 0.6 is 0 Å². The predicted molar refractivity (Wildman–Crippen MR) is 44.7 cm³/mol. The summed E-state index contributed by atoms with van der Waals surface area (Å²) < 4.78 is 5.13. The third-order valence-electron chi connectivity index (χ3n) is 1.31. The second-order valence-electron chi connectivity index (χ2n) is 2.64. The second-order valence-corrected chi connectivity index (χ2v) is 2.64. The largest absolute Gasteiger partial charge is 0.380 e. The summed E-state index contributed by atoms with van der Waals surface area (Å²) in [6.07, 6.45) is 0. The third-order valence-corrected chi connectivity index (χ3v) is 1.31. The van der Waals surface area contributed by atoms with Crippen LogP contribution in [0.15, 0.2) is 0 Å². The van der Waals surface area contributed by atoms with Gasteiger partial charge in [-0.2, -0.15) is 0 Å². The Morgan fingerprint density at radius 1 is 1.55 bits per heavy atom. The van der Waals surface area contributed by atoms with Crippen molar-refractivity contribution in [3.05, 3.63) is 0 Å². The number of Topliss-reactive ketones (excluding diaryl/α,β-unsaturated/α-hetero) is 1. The molecular weight excluding hydrogens is 142 g/mol. The minimum absolute atomic E-state index is 0.198. The molecule has 0 atom stereocenters. The maximum atomic E-state index is 10.6. The summed E-state index contributed by atoms with van der Waals surface area (Å²) in [7, 11) is 1.92. The quantitative estimate of drug-likeness (QED) is 0.530. The second kappa shape index (κ2) is 6.31. The Morgan fingerprint density at radius 3 is 2.64 bits per heavy atom. The highest BCUT2D eigenvalue weighted by Gasteiger charge is 1.99. The number of ketones is 1. The number of hydrogen-bond donors (Lipinski definition) is 0. The molecule has 0 radical (unpaired) electrons. The van der Waals surface area contributed by atoms with Crippen LogP contribution < -0.4 is 0 Å². The molecule has 11 heavy (non-hydrogen) atoms. The zero-order valence-corrected chi connectivity index (χ0v) is 7.59. The number of carbonyl (C=O) groups is 1. The molecule has 0 aliphatic heterocycles. The topological polar surface area (TPSA) is 29.5 Å². The van der Waals surface area contributed by atoms with E-state index < -0.39 is 0 Å². The molecule has 0 amide bonds. The normalized spacial score (nSPS) is 10.5. The molecule has 0 saturated heterocycles. The smallest absolute Gasteiger partial charge is 0.143 e. The Morgan fingerprint density at radius 2 is 2.18 bits per heavy atom. The van der Waals surface area contributed by atoms with Crippen molar-refractivity contribution in [3.8, 4) is 0 Å². The molecule has 0 aromatic rings. The zero-order valence-electron chi connectivity index (χ0n) is 7.59. The van der Waals surface area contributed by atoms with E-state index in [-0.39, 0.29) is 5.78 Å². The molecule has 0 saturated carbocycles. The fourth-order valence-electron chi connectivity index (χ4n) is 0.824. The molecule has 3 heteroatoms. The van der Waals surface area contributed by atoms with Crippen molar-refractivity contribution in [2.24, 2.45) is 0 Å². The summed E-state index contributed by atoms with van der Waals surface area (Å²) in [5.41, 5.74) is 0. The first-order valence-corrected chi connectivity index (χ1v) is 3.92. The van der Waals surface area contributed by atoms with Crippen LogP contribution in [0.5, 0.6) is 0 Å². The van der Waals surface area contributed by atoms with Gasteiger partial charge in [0.05, 0.1) is 13.2 Å². The first-order valence-electron chi connectivity index (χ1n) is 3.92. The monoisotopic (exact) mass is 159 g/mol. The van der Waals surface area contributed by atoms with Crippen molar-refractivity contribution < 1.29 is 9.53 Å². The molecule has 0 aromatic carbocycles. The Hall–Kier alpha value is -0.410. The van der Waals surface area contributed by atoms with E-state index in [2.05, 4.69) is 0 Å².